The number of rotatable bonds is 10. The van der Waals surface area contributed by atoms with E-state index < -0.39 is 0 Å². The Balaban J connectivity index is 1.37. The number of ether oxygens (including phenoxy) is 2. The lowest BCUT2D eigenvalue weighted by Crippen LogP contribution is -2.57. The van der Waals surface area contributed by atoms with E-state index in [-0.39, 0.29) is 11.9 Å². The lowest BCUT2D eigenvalue weighted by atomic mass is 10.1. The molecule has 12 heteroatoms. The van der Waals surface area contributed by atoms with E-state index in [0.29, 0.717) is 47.9 Å². The van der Waals surface area contributed by atoms with Gasteiger partial charge in [0.1, 0.15) is 0 Å². The van der Waals surface area contributed by atoms with Gasteiger partial charge in [0.25, 0.3) is 0 Å². The van der Waals surface area contributed by atoms with E-state index in [9.17, 15) is 9.59 Å². The van der Waals surface area contributed by atoms with Gasteiger partial charge in [-0.25, -0.2) is 9.59 Å². The molecule has 0 bridgehead atoms. The average molecular weight is 565 g/mol. The van der Waals surface area contributed by atoms with Crippen LogP contribution in [0.2, 0.25) is 0 Å². The molecule has 0 radical (unpaired) electrons. The summed E-state index contributed by atoms with van der Waals surface area (Å²) in [7, 11) is 2.73. The zero-order chi connectivity index (χ0) is 29.2. The Morgan fingerprint density at radius 3 is 1.44 bits per heavy atom. The molecule has 0 saturated carbocycles. The van der Waals surface area contributed by atoms with Crippen LogP contribution in [-0.2, 0) is 9.47 Å². The molecule has 0 N–H and O–H groups in total. The van der Waals surface area contributed by atoms with Crippen LogP contribution < -0.4 is 0 Å². The Kier molecular flexibility index (Phi) is 10.7. The number of nitrogens with zero attached hydrogens (tertiary/aromatic N) is 8. The van der Waals surface area contributed by atoms with E-state index in [1.54, 1.807) is 48.5 Å². The van der Waals surface area contributed by atoms with Crippen molar-refractivity contribution in [1.29, 1.82) is 0 Å². The van der Waals surface area contributed by atoms with Gasteiger partial charge in [-0.15, -0.1) is 10.2 Å². The average Bonchev–Trinajstić information content (AvgIpc) is 3.02. The minimum Gasteiger partial charge on any atom is -0.465 e. The topological polar surface area (TPSA) is 115 Å². The van der Waals surface area contributed by atoms with E-state index in [0.717, 1.165) is 45.4 Å². The zero-order valence-electron chi connectivity index (χ0n) is 24.3. The summed E-state index contributed by atoms with van der Waals surface area (Å²) in [4.78, 5) is 28.3. The van der Waals surface area contributed by atoms with Crippen LogP contribution in [0.15, 0.2) is 69.2 Å². The molecule has 2 aliphatic rings. The maximum atomic E-state index is 11.7. The highest BCUT2D eigenvalue weighted by Crippen LogP contribution is 2.24. The molecule has 0 aromatic heterocycles. The van der Waals surface area contributed by atoms with Gasteiger partial charge in [0.15, 0.2) is 0 Å². The van der Waals surface area contributed by atoms with Crippen LogP contribution in [-0.4, -0.2) is 91.2 Å². The lowest BCUT2D eigenvalue weighted by molar-refractivity contribution is -0.0546. The molecule has 2 aromatic carbocycles. The van der Waals surface area contributed by atoms with Crippen molar-refractivity contribution in [3.05, 3.63) is 59.7 Å². The molecule has 41 heavy (non-hydrogen) atoms. The molecule has 2 heterocycles. The van der Waals surface area contributed by atoms with E-state index >= 15 is 0 Å². The van der Waals surface area contributed by atoms with Gasteiger partial charge in [-0.05, 0) is 74.2 Å². The first-order chi connectivity index (χ1) is 19.9. The van der Waals surface area contributed by atoms with Gasteiger partial charge in [-0.1, -0.05) is 24.3 Å². The SMILES string of the molecule is CCC1CCN(N=Nc2ccc(C(=O)OC)cc2)CN1CN1CN(N=Nc2ccc(C(=O)OC)cc2)CCC1CC. The second kappa shape index (κ2) is 14.6. The third kappa shape index (κ3) is 8.08. The summed E-state index contributed by atoms with van der Waals surface area (Å²) >= 11 is 0. The van der Waals surface area contributed by atoms with E-state index in [2.05, 4.69) is 44.3 Å². The Morgan fingerprint density at radius 1 is 0.707 bits per heavy atom. The van der Waals surface area contributed by atoms with Crippen molar-refractivity contribution >= 4 is 23.3 Å². The molecule has 2 saturated heterocycles. The Morgan fingerprint density at radius 2 is 1.10 bits per heavy atom. The highest BCUT2D eigenvalue weighted by Gasteiger charge is 2.31. The molecular formula is C29H40N8O4. The molecular weight excluding hydrogens is 524 g/mol. The smallest absolute Gasteiger partial charge is 0.337 e. The normalized spacial score (nSPS) is 20.6. The first-order valence-electron chi connectivity index (χ1n) is 14.1. The number of carbonyl (C=O) groups is 2. The summed E-state index contributed by atoms with van der Waals surface area (Å²) in [5.41, 5.74) is 2.34. The number of hydrogen-bond acceptors (Lipinski definition) is 10. The van der Waals surface area contributed by atoms with Gasteiger partial charge in [0.2, 0.25) is 0 Å². The Bertz CT molecular complexity index is 1110. The monoisotopic (exact) mass is 564 g/mol. The summed E-state index contributed by atoms with van der Waals surface area (Å²) in [5.74, 6) is -0.744. The minimum atomic E-state index is -0.372. The third-order valence-electron chi connectivity index (χ3n) is 7.62. The van der Waals surface area contributed by atoms with Gasteiger partial charge >= 0.3 is 11.9 Å². The Labute approximate surface area is 241 Å². The van der Waals surface area contributed by atoms with E-state index in [1.807, 2.05) is 10.0 Å². The number of benzene rings is 2. The van der Waals surface area contributed by atoms with Gasteiger partial charge in [-0.2, -0.15) is 0 Å². The predicted octanol–water partition coefficient (Wildman–Crippen LogP) is 5.40. The number of esters is 2. The molecule has 2 atom stereocenters. The Hall–Kier alpha value is -3.90. The highest BCUT2D eigenvalue weighted by molar-refractivity contribution is 5.90. The zero-order valence-corrected chi connectivity index (χ0v) is 24.3. The molecule has 0 aliphatic carbocycles. The molecule has 0 spiro atoms. The third-order valence-corrected chi connectivity index (χ3v) is 7.62. The van der Waals surface area contributed by atoms with E-state index in [1.165, 1.54) is 14.2 Å². The van der Waals surface area contributed by atoms with Crippen molar-refractivity contribution in [2.75, 3.05) is 47.3 Å². The number of methoxy groups -OCH3 is 2. The first kappa shape index (κ1) is 30.1. The second-order valence-corrected chi connectivity index (χ2v) is 10.2. The highest BCUT2D eigenvalue weighted by atomic mass is 16.5. The van der Waals surface area contributed by atoms with E-state index in [4.69, 9.17) is 9.47 Å². The summed E-state index contributed by atoms with van der Waals surface area (Å²) in [6.07, 6.45) is 4.14. The van der Waals surface area contributed by atoms with Gasteiger partial charge in [0, 0.05) is 25.2 Å². The molecule has 12 nitrogen and oxygen atoms in total. The van der Waals surface area contributed by atoms with Crippen LogP contribution in [0, 0.1) is 0 Å². The first-order valence-corrected chi connectivity index (χ1v) is 14.1. The quantitative estimate of drug-likeness (QED) is 0.278. The summed E-state index contributed by atoms with van der Waals surface area (Å²) in [5, 5.41) is 21.8. The summed E-state index contributed by atoms with van der Waals surface area (Å²) in [6.45, 7) is 8.31. The second-order valence-electron chi connectivity index (χ2n) is 10.2. The van der Waals surface area contributed by atoms with Crippen LogP contribution in [0.1, 0.15) is 60.2 Å². The van der Waals surface area contributed by atoms with Crippen LogP contribution in [0.4, 0.5) is 11.4 Å². The van der Waals surface area contributed by atoms with Crippen molar-refractivity contribution in [2.24, 2.45) is 20.7 Å². The standard InChI is InChI=1S/C29H40N8O4/c1-5-26-15-17-36(32-30-24-11-7-22(8-12-24)28(38)40-3)20-34(26)19-35-21-37(18-16-27(35)6-2)33-31-25-13-9-23(10-14-25)29(39)41-4/h7-14,26-27H,5-6,15-21H2,1-4H3. The predicted molar refractivity (Wildman–Crippen MR) is 154 cm³/mol. The van der Waals surface area contributed by atoms with Crippen molar-refractivity contribution in [2.45, 2.75) is 51.6 Å². The van der Waals surface area contributed by atoms with Crippen molar-refractivity contribution in [3.8, 4) is 0 Å². The fourth-order valence-electron chi connectivity index (χ4n) is 5.17. The van der Waals surface area contributed by atoms with Crippen LogP contribution in [0.25, 0.3) is 0 Å². The molecule has 2 fully saturated rings. The van der Waals surface area contributed by atoms with Gasteiger partial charge < -0.3 is 9.47 Å². The maximum Gasteiger partial charge on any atom is 0.337 e. The summed E-state index contributed by atoms with van der Waals surface area (Å²) < 4.78 is 9.52. The molecule has 2 aliphatic heterocycles. The van der Waals surface area contributed by atoms with Gasteiger partial charge in [0.05, 0.1) is 56.7 Å². The largest absolute Gasteiger partial charge is 0.465 e. The molecule has 2 aromatic rings. The van der Waals surface area contributed by atoms with Crippen molar-refractivity contribution < 1.29 is 19.1 Å². The fourth-order valence-corrected chi connectivity index (χ4v) is 5.17. The molecule has 4 rings (SSSR count). The maximum absolute atomic E-state index is 11.7. The minimum absolute atomic E-state index is 0.372. The van der Waals surface area contributed by atoms with Crippen molar-refractivity contribution in [3.63, 3.8) is 0 Å². The van der Waals surface area contributed by atoms with Crippen LogP contribution in [0.5, 0.6) is 0 Å². The van der Waals surface area contributed by atoms with Crippen LogP contribution >= 0.6 is 0 Å². The molecule has 220 valence electrons. The summed E-state index contributed by atoms with van der Waals surface area (Å²) in [6, 6.07) is 14.8. The van der Waals surface area contributed by atoms with Crippen LogP contribution in [0.3, 0.4) is 0 Å². The molecule has 2 unspecified atom stereocenters. The number of hydrogen-bond donors (Lipinski definition) is 0. The molecule has 0 amide bonds. The lowest BCUT2D eigenvalue weighted by Gasteiger charge is -2.46. The fraction of sp³-hybridized carbons (Fsp3) is 0.517. The van der Waals surface area contributed by atoms with Gasteiger partial charge in [-0.3, -0.25) is 19.8 Å². The van der Waals surface area contributed by atoms with Crippen molar-refractivity contribution in [1.82, 2.24) is 19.8 Å². The number of carbonyl (C=O) groups excluding carboxylic acids is 2.